The van der Waals surface area contributed by atoms with E-state index in [1.54, 1.807) is 27.7 Å². The fourth-order valence-corrected chi connectivity index (χ4v) is 4.03. The summed E-state index contributed by atoms with van der Waals surface area (Å²) in [6.07, 6.45) is -0.995. The highest BCUT2D eigenvalue weighted by atomic mass is 19.1. The van der Waals surface area contributed by atoms with Crippen LogP contribution in [-0.4, -0.2) is 106 Å². The Labute approximate surface area is 241 Å². The van der Waals surface area contributed by atoms with Gasteiger partial charge in [-0.05, 0) is 45.9 Å². The Bertz CT molecular complexity index is 1320. The lowest BCUT2D eigenvalue weighted by atomic mass is 10.1. The number of aliphatic carboxylic acids is 1. The number of hydrogen-bond acceptors (Lipinski definition) is 9. The summed E-state index contributed by atoms with van der Waals surface area (Å²) in [4.78, 5) is 65.4. The summed E-state index contributed by atoms with van der Waals surface area (Å²) >= 11 is 0. The highest BCUT2D eigenvalue weighted by molar-refractivity contribution is 5.97. The molecule has 3 rings (SSSR count). The standard InChI is InChI=1S/C27H34FN5O9/c1-5-40-26(39)32-11-9-31(10-12-32)25(38)20(15-23(36)42-27(2,3)4)29-24(37)19-14-21(41-16-22(34)35)33(30-19)18-8-6-7-17(28)13-18/h6-8,13-14,20H,5,9-12,15-16H2,1-4H3,(H,29,37)(H,34,35)/t20-/m0/s1. The van der Waals surface area contributed by atoms with Crippen LogP contribution in [0.2, 0.25) is 0 Å². The number of amides is 3. The number of nitrogens with zero attached hydrogens (tertiary/aromatic N) is 4. The SMILES string of the molecule is CCOC(=O)N1CCN(C(=O)[C@H](CC(=O)OC(C)(C)C)NC(=O)c2cc(OCC(=O)O)n(-c3cccc(F)c3)n2)CC1. The minimum Gasteiger partial charge on any atom is -0.479 e. The Morgan fingerprint density at radius 3 is 2.33 bits per heavy atom. The maximum absolute atomic E-state index is 13.9. The minimum absolute atomic E-state index is 0.139. The smallest absolute Gasteiger partial charge is 0.409 e. The molecule has 3 amide bonds. The van der Waals surface area contributed by atoms with Gasteiger partial charge in [0.05, 0.1) is 18.7 Å². The van der Waals surface area contributed by atoms with Gasteiger partial charge < -0.3 is 34.4 Å². The molecule has 0 saturated carbocycles. The Hall–Kier alpha value is -4.69. The van der Waals surface area contributed by atoms with Crippen molar-refractivity contribution in [3.63, 3.8) is 0 Å². The number of piperazine rings is 1. The van der Waals surface area contributed by atoms with Crippen LogP contribution in [-0.2, 0) is 23.9 Å². The zero-order valence-corrected chi connectivity index (χ0v) is 23.8. The van der Waals surface area contributed by atoms with Gasteiger partial charge in [0.1, 0.15) is 17.5 Å². The van der Waals surface area contributed by atoms with Crippen molar-refractivity contribution in [3.05, 3.63) is 41.8 Å². The number of benzene rings is 1. The number of carbonyl (C=O) groups excluding carboxylic acids is 4. The lowest BCUT2D eigenvalue weighted by Gasteiger charge is -2.35. The molecule has 1 fully saturated rings. The van der Waals surface area contributed by atoms with Gasteiger partial charge in [-0.25, -0.2) is 18.7 Å². The average Bonchev–Trinajstić information content (AvgIpc) is 3.35. The first kappa shape index (κ1) is 31.8. The summed E-state index contributed by atoms with van der Waals surface area (Å²) in [6.45, 7) is 6.77. The van der Waals surface area contributed by atoms with E-state index in [1.165, 1.54) is 28.0 Å². The number of carbonyl (C=O) groups is 5. The predicted molar refractivity (Wildman–Crippen MR) is 144 cm³/mol. The van der Waals surface area contributed by atoms with Crippen molar-refractivity contribution in [1.82, 2.24) is 24.9 Å². The van der Waals surface area contributed by atoms with Gasteiger partial charge in [-0.3, -0.25) is 14.4 Å². The monoisotopic (exact) mass is 591 g/mol. The molecule has 42 heavy (non-hydrogen) atoms. The van der Waals surface area contributed by atoms with Gasteiger partial charge in [0.15, 0.2) is 12.3 Å². The van der Waals surface area contributed by atoms with Crippen molar-refractivity contribution in [1.29, 1.82) is 0 Å². The first-order chi connectivity index (χ1) is 19.8. The quantitative estimate of drug-likeness (QED) is 0.387. The molecule has 2 heterocycles. The normalized spacial score (nSPS) is 14.1. The lowest BCUT2D eigenvalue weighted by molar-refractivity contribution is -0.157. The summed E-state index contributed by atoms with van der Waals surface area (Å²) in [5, 5.41) is 15.7. The minimum atomic E-state index is -1.36. The van der Waals surface area contributed by atoms with E-state index in [0.29, 0.717) is 0 Å². The Morgan fingerprint density at radius 1 is 1.07 bits per heavy atom. The van der Waals surface area contributed by atoms with Crippen LogP contribution in [0, 0.1) is 5.82 Å². The van der Waals surface area contributed by atoms with E-state index in [-0.39, 0.29) is 50.0 Å². The zero-order valence-electron chi connectivity index (χ0n) is 23.8. The Balaban J connectivity index is 1.84. The molecule has 0 bridgehead atoms. The van der Waals surface area contributed by atoms with E-state index in [4.69, 9.17) is 19.3 Å². The third-order valence-corrected chi connectivity index (χ3v) is 5.82. The van der Waals surface area contributed by atoms with Gasteiger partial charge in [-0.1, -0.05) is 6.07 Å². The van der Waals surface area contributed by atoms with Crippen LogP contribution in [0.25, 0.3) is 5.69 Å². The van der Waals surface area contributed by atoms with Crippen LogP contribution >= 0.6 is 0 Å². The van der Waals surface area contributed by atoms with Gasteiger partial charge in [0.2, 0.25) is 11.8 Å². The maximum atomic E-state index is 13.9. The van der Waals surface area contributed by atoms with Crippen LogP contribution < -0.4 is 10.1 Å². The van der Waals surface area contributed by atoms with Crippen molar-refractivity contribution in [2.24, 2.45) is 0 Å². The second-order valence-corrected chi connectivity index (χ2v) is 10.3. The topological polar surface area (TPSA) is 170 Å². The Morgan fingerprint density at radius 2 is 1.74 bits per heavy atom. The van der Waals surface area contributed by atoms with Crippen LogP contribution in [0.3, 0.4) is 0 Å². The van der Waals surface area contributed by atoms with Crippen LogP contribution in [0.1, 0.15) is 44.6 Å². The number of aromatic nitrogens is 2. The molecule has 1 aliphatic heterocycles. The number of carboxylic acid groups (broad SMARTS) is 1. The second-order valence-electron chi connectivity index (χ2n) is 10.3. The van der Waals surface area contributed by atoms with Crippen LogP contribution in [0.15, 0.2) is 30.3 Å². The van der Waals surface area contributed by atoms with Gasteiger partial charge in [-0.15, -0.1) is 0 Å². The third-order valence-electron chi connectivity index (χ3n) is 5.82. The number of carboxylic acids is 1. The van der Waals surface area contributed by atoms with Gasteiger partial charge in [0.25, 0.3) is 5.91 Å². The highest BCUT2D eigenvalue weighted by Crippen LogP contribution is 2.21. The molecule has 0 unspecified atom stereocenters. The molecule has 1 aromatic heterocycles. The maximum Gasteiger partial charge on any atom is 0.409 e. The molecule has 14 nitrogen and oxygen atoms in total. The van der Waals surface area contributed by atoms with E-state index in [9.17, 15) is 28.4 Å². The van der Waals surface area contributed by atoms with Crippen LogP contribution in [0.5, 0.6) is 5.88 Å². The second kappa shape index (κ2) is 13.8. The van der Waals surface area contributed by atoms with Crippen molar-refractivity contribution in [2.75, 3.05) is 39.4 Å². The largest absolute Gasteiger partial charge is 0.479 e. The van der Waals surface area contributed by atoms with Crippen molar-refractivity contribution >= 4 is 29.8 Å². The number of halogens is 1. The molecule has 15 heteroatoms. The van der Waals surface area contributed by atoms with Gasteiger partial charge in [-0.2, -0.15) is 5.10 Å². The van der Waals surface area contributed by atoms with Gasteiger partial charge in [0, 0.05) is 32.2 Å². The fourth-order valence-electron chi connectivity index (χ4n) is 4.03. The Kier molecular flexibility index (Phi) is 10.4. The molecule has 1 atom stereocenters. The molecule has 228 valence electrons. The van der Waals surface area contributed by atoms with E-state index >= 15 is 0 Å². The van der Waals surface area contributed by atoms with E-state index in [1.807, 2.05) is 0 Å². The van der Waals surface area contributed by atoms with Crippen molar-refractivity contribution < 1.29 is 47.7 Å². The molecule has 0 spiro atoms. The predicted octanol–water partition coefficient (Wildman–Crippen LogP) is 1.61. The molecule has 2 aromatic rings. The third kappa shape index (κ3) is 8.91. The first-order valence-electron chi connectivity index (χ1n) is 13.2. The van der Waals surface area contributed by atoms with Gasteiger partial charge >= 0.3 is 18.0 Å². The number of rotatable bonds is 10. The average molecular weight is 592 g/mol. The molecular weight excluding hydrogens is 557 g/mol. The molecule has 0 aliphatic carbocycles. The summed E-state index contributed by atoms with van der Waals surface area (Å²) in [5.41, 5.74) is -0.982. The number of esters is 1. The zero-order chi connectivity index (χ0) is 31.0. The van der Waals surface area contributed by atoms with E-state index < -0.39 is 60.3 Å². The number of hydrogen-bond donors (Lipinski definition) is 2. The number of ether oxygens (including phenoxy) is 3. The van der Waals surface area contributed by atoms with Crippen LogP contribution in [0.4, 0.5) is 9.18 Å². The summed E-state index contributed by atoms with van der Waals surface area (Å²) in [7, 11) is 0. The summed E-state index contributed by atoms with van der Waals surface area (Å²) < 4.78 is 30.5. The van der Waals surface area contributed by atoms with Crippen molar-refractivity contribution in [2.45, 2.75) is 45.8 Å². The molecule has 0 radical (unpaired) electrons. The van der Waals surface area contributed by atoms with E-state index in [0.717, 1.165) is 16.8 Å². The van der Waals surface area contributed by atoms with E-state index in [2.05, 4.69) is 10.4 Å². The molecule has 2 N–H and O–H groups in total. The molecular formula is C27H34FN5O9. The summed E-state index contributed by atoms with van der Waals surface area (Å²) in [5.74, 6) is -4.26. The number of nitrogens with one attached hydrogen (secondary N) is 1. The molecule has 1 aromatic carbocycles. The first-order valence-corrected chi connectivity index (χ1v) is 13.2. The lowest BCUT2D eigenvalue weighted by Crippen LogP contribution is -2.56. The fraction of sp³-hybridized carbons (Fsp3) is 0.481. The molecule has 1 aliphatic rings. The molecule has 1 saturated heterocycles. The highest BCUT2D eigenvalue weighted by Gasteiger charge is 2.34. The van der Waals surface area contributed by atoms with Crippen molar-refractivity contribution in [3.8, 4) is 11.6 Å². The summed E-state index contributed by atoms with van der Waals surface area (Å²) in [6, 6.07) is 4.94.